The molecule has 0 aromatic rings. The van der Waals surface area contributed by atoms with Gasteiger partial charge in [-0.25, -0.2) is 0 Å². The van der Waals surface area contributed by atoms with Crippen LogP contribution in [0.3, 0.4) is 0 Å². The Morgan fingerprint density at radius 3 is 2.26 bits per heavy atom. The predicted molar refractivity (Wildman–Crippen MR) is 91.9 cm³/mol. The van der Waals surface area contributed by atoms with Gasteiger partial charge in [0, 0.05) is 12.1 Å². The van der Waals surface area contributed by atoms with Crippen LogP contribution in [-0.2, 0) is 4.79 Å². The van der Waals surface area contributed by atoms with Crippen LogP contribution in [0, 0.1) is 23.2 Å². The third-order valence-corrected chi connectivity index (χ3v) is 7.43. The first kappa shape index (κ1) is 15.9. The molecule has 4 aliphatic carbocycles. The molecule has 2 unspecified atom stereocenters. The van der Waals surface area contributed by atoms with E-state index in [0.717, 1.165) is 37.3 Å². The van der Waals surface area contributed by atoms with Crippen molar-refractivity contribution in [3.05, 3.63) is 0 Å². The van der Waals surface area contributed by atoms with Gasteiger partial charge in [0.15, 0.2) is 0 Å². The van der Waals surface area contributed by atoms with Gasteiger partial charge in [0.05, 0.1) is 6.04 Å². The van der Waals surface area contributed by atoms with Crippen molar-refractivity contribution in [3.8, 4) is 0 Å². The minimum absolute atomic E-state index is 0.0172. The number of hydrogen-bond donors (Lipinski definition) is 2. The predicted octanol–water partition coefficient (Wildman–Crippen LogP) is 2.13. The Labute approximate surface area is 140 Å². The zero-order valence-corrected chi connectivity index (χ0v) is 14.8. The number of amides is 1. The molecule has 0 aromatic carbocycles. The van der Waals surface area contributed by atoms with Crippen molar-refractivity contribution in [1.29, 1.82) is 0 Å². The normalized spacial score (nSPS) is 47.0. The number of carbonyl (C=O) groups is 1. The van der Waals surface area contributed by atoms with Crippen molar-refractivity contribution in [1.82, 2.24) is 10.2 Å². The summed E-state index contributed by atoms with van der Waals surface area (Å²) in [5, 5.41) is 3.53. The summed E-state index contributed by atoms with van der Waals surface area (Å²) in [7, 11) is 0. The van der Waals surface area contributed by atoms with Gasteiger partial charge >= 0.3 is 0 Å². The molecule has 1 aliphatic heterocycles. The molecule has 1 amide bonds. The molecule has 3 N–H and O–H groups in total. The smallest absolute Gasteiger partial charge is 0.237 e. The van der Waals surface area contributed by atoms with Gasteiger partial charge < -0.3 is 11.1 Å². The van der Waals surface area contributed by atoms with E-state index in [1.54, 1.807) is 0 Å². The summed E-state index contributed by atoms with van der Waals surface area (Å²) in [5.41, 5.74) is 6.24. The molecule has 4 nitrogen and oxygen atoms in total. The fourth-order valence-corrected chi connectivity index (χ4v) is 6.35. The summed E-state index contributed by atoms with van der Waals surface area (Å²) in [6.07, 6.45) is 9.08. The summed E-state index contributed by atoms with van der Waals surface area (Å²) < 4.78 is 0. The van der Waals surface area contributed by atoms with Crippen molar-refractivity contribution in [2.45, 2.75) is 70.4 Å². The van der Waals surface area contributed by atoms with Gasteiger partial charge in [0.1, 0.15) is 0 Å². The van der Waals surface area contributed by atoms with Crippen molar-refractivity contribution < 1.29 is 4.79 Å². The summed E-state index contributed by atoms with van der Waals surface area (Å²) in [6, 6.07) is -0.0172. The van der Waals surface area contributed by atoms with Crippen LogP contribution in [0.5, 0.6) is 0 Å². The third kappa shape index (κ3) is 2.82. The van der Waals surface area contributed by atoms with E-state index in [0.29, 0.717) is 6.54 Å². The van der Waals surface area contributed by atoms with Crippen LogP contribution in [0.15, 0.2) is 0 Å². The molecule has 0 spiro atoms. The monoisotopic (exact) mass is 319 g/mol. The van der Waals surface area contributed by atoms with Crippen LogP contribution in [0.1, 0.15) is 58.8 Å². The number of nitrogens with one attached hydrogen (secondary N) is 1. The summed E-state index contributed by atoms with van der Waals surface area (Å²) in [6.45, 7) is 7.00. The molecule has 5 rings (SSSR count). The van der Waals surface area contributed by atoms with Gasteiger partial charge in [0.2, 0.25) is 5.91 Å². The van der Waals surface area contributed by atoms with E-state index in [2.05, 4.69) is 24.1 Å². The van der Waals surface area contributed by atoms with Crippen LogP contribution in [0.4, 0.5) is 0 Å². The van der Waals surface area contributed by atoms with Gasteiger partial charge in [-0.3, -0.25) is 9.69 Å². The second-order valence-corrected chi connectivity index (χ2v) is 9.60. The number of rotatable bonds is 4. The summed E-state index contributed by atoms with van der Waals surface area (Å²) >= 11 is 0. The van der Waals surface area contributed by atoms with E-state index >= 15 is 0 Å². The van der Waals surface area contributed by atoms with Gasteiger partial charge in [-0.05, 0) is 88.1 Å². The number of carbonyl (C=O) groups excluding carboxylic acids is 1. The lowest BCUT2D eigenvalue weighted by atomic mass is 9.53. The minimum Gasteiger partial charge on any atom is -0.349 e. The maximum atomic E-state index is 12.9. The van der Waals surface area contributed by atoms with Crippen molar-refractivity contribution in [2.24, 2.45) is 28.9 Å². The summed E-state index contributed by atoms with van der Waals surface area (Å²) in [5.74, 6) is 2.89. The average molecular weight is 319 g/mol. The highest BCUT2D eigenvalue weighted by Crippen LogP contribution is 2.55. The highest BCUT2D eigenvalue weighted by molar-refractivity contribution is 5.82. The Hall–Kier alpha value is -0.610. The van der Waals surface area contributed by atoms with Gasteiger partial charge in [0.25, 0.3) is 0 Å². The Bertz CT molecular complexity index is 456. The Kier molecular flexibility index (Phi) is 3.77. The van der Waals surface area contributed by atoms with Crippen LogP contribution < -0.4 is 11.1 Å². The maximum Gasteiger partial charge on any atom is 0.237 e. The Morgan fingerprint density at radius 2 is 1.78 bits per heavy atom. The van der Waals surface area contributed by atoms with E-state index in [4.69, 9.17) is 5.73 Å². The first-order valence-corrected chi connectivity index (χ1v) is 9.66. The van der Waals surface area contributed by atoms with E-state index in [1.807, 2.05) is 0 Å². The number of likely N-dealkylation sites (tertiary alicyclic amines) is 1. The lowest BCUT2D eigenvalue weighted by Crippen LogP contribution is -2.62. The topological polar surface area (TPSA) is 58.4 Å². The minimum atomic E-state index is -0.0172. The van der Waals surface area contributed by atoms with Gasteiger partial charge in [-0.15, -0.1) is 0 Å². The highest BCUT2D eigenvalue weighted by Gasteiger charge is 2.52. The molecule has 4 bridgehead atoms. The number of nitrogens with two attached hydrogens (primary N) is 1. The average Bonchev–Trinajstić information content (AvgIpc) is 2.88. The highest BCUT2D eigenvalue weighted by atomic mass is 16.2. The summed E-state index contributed by atoms with van der Waals surface area (Å²) in [4.78, 5) is 15.3. The molecule has 4 heteroatoms. The molecule has 4 saturated carbocycles. The first-order chi connectivity index (χ1) is 10.9. The largest absolute Gasteiger partial charge is 0.349 e. The fourth-order valence-electron chi connectivity index (χ4n) is 6.35. The molecule has 2 atom stereocenters. The lowest BCUT2D eigenvalue weighted by molar-refractivity contribution is -0.131. The van der Waals surface area contributed by atoms with Crippen LogP contribution in [-0.4, -0.2) is 42.0 Å². The molecule has 1 heterocycles. The quantitative estimate of drug-likeness (QED) is 0.834. The van der Waals surface area contributed by atoms with E-state index in [-0.39, 0.29) is 22.9 Å². The van der Waals surface area contributed by atoms with Crippen molar-refractivity contribution >= 4 is 5.91 Å². The lowest BCUT2D eigenvalue weighted by Gasteiger charge is -2.57. The van der Waals surface area contributed by atoms with E-state index in [9.17, 15) is 4.79 Å². The molecular weight excluding hydrogens is 286 g/mol. The second kappa shape index (κ2) is 5.45. The van der Waals surface area contributed by atoms with E-state index < -0.39 is 0 Å². The second-order valence-electron chi connectivity index (χ2n) is 9.60. The zero-order valence-electron chi connectivity index (χ0n) is 14.8. The fraction of sp³-hybridized carbons (Fsp3) is 0.947. The Morgan fingerprint density at radius 1 is 1.22 bits per heavy atom. The standard InChI is InChI=1S/C19H33N3O/c1-13(22-4-3-18(2,11-20)12-22)17(23)21-19-8-14-5-15(9-19)7-16(6-14)10-19/h13-16H,3-12,20H2,1-2H3,(H,21,23). The van der Waals surface area contributed by atoms with Crippen LogP contribution >= 0.6 is 0 Å². The molecule has 0 aromatic heterocycles. The molecule has 1 saturated heterocycles. The molecule has 0 radical (unpaired) electrons. The number of hydrogen-bond acceptors (Lipinski definition) is 3. The molecule has 23 heavy (non-hydrogen) atoms. The molecule has 130 valence electrons. The number of nitrogens with zero attached hydrogens (tertiary/aromatic N) is 1. The molecular formula is C19H33N3O. The van der Waals surface area contributed by atoms with Crippen LogP contribution in [0.2, 0.25) is 0 Å². The maximum absolute atomic E-state index is 12.9. The van der Waals surface area contributed by atoms with Crippen molar-refractivity contribution in [3.63, 3.8) is 0 Å². The SMILES string of the molecule is CC(C(=O)NC12CC3CC(CC(C3)C1)C2)N1CCC(C)(CN)C1. The van der Waals surface area contributed by atoms with Crippen LogP contribution in [0.25, 0.3) is 0 Å². The third-order valence-electron chi connectivity index (χ3n) is 7.43. The van der Waals surface area contributed by atoms with Gasteiger partial charge in [-0.1, -0.05) is 6.92 Å². The van der Waals surface area contributed by atoms with E-state index in [1.165, 1.54) is 38.5 Å². The van der Waals surface area contributed by atoms with Crippen molar-refractivity contribution in [2.75, 3.05) is 19.6 Å². The zero-order chi connectivity index (χ0) is 16.2. The molecule has 5 fully saturated rings. The molecule has 5 aliphatic rings. The Balaban J connectivity index is 1.40. The first-order valence-electron chi connectivity index (χ1n) is 9.66. The van der Waals surface area contributed by atoms with Gasteiger partial charge in [-0.2, -0.15) is 0 Å².